The molecule has 0 radical (unpaired) electrons. The molecule has 0 spiro atoms. The van der Waals surface area contributed by atoms with Crippen molar-refractivity contribution in [1.29, 1.82) is 0 Å². The van der Waals surface area contributed by atoms with E-state index in [-0.39, 0.29) is 0 Å². The molecule has 0 aliphatic carbocycles. The second-order valence-electron chi connectivity index (χ2n) is 6.75. The van der Waals surface area contributed by atoms with Crippen molar-refractivity contribution in [1.82, 2.24) is 0 Å². The lowest BCUT2D eigenvalue weighted by Gasteiger charge is -2.07. The maximum atomic E-state index is 2.22. The minimum Gasteiger partial charge on any atom is -0.0683 e. The summed E-state index contributed by atoms with van der Waals surface area (Å²) in [7, 11) is 0. The third-order valence-corrected chi connectivity index (χ3v) is 4.18. The van der Waals surface area contributed by atoms with Crippen molar-refractivity contribution >= 4 is 0 Å². The van der Waals surface area contributed by atoms with Gasteiger partial charge in [-0.05, 0) is 48.9 Å². The van der Waals surface area contributed by atoms with Crippen LogP contribution in [0.25, 0.3) is 11.1 Å². The summed E-state index contributed by atoms with van der Waals surface area (Å²) in [5.41, 5.74) is 8.08. The van der Waals surface area contributed by atoms with E-state index in [0.29, 0.717) is 5.92 Å². The third kappa shape index (κ3) is 6.88. The van der Waals surface area contributed by atoms with E-state index in [1.54, 1.807) is 0 Å². The van der Waals surface area contributed by atoms with Crippen LogP contribution in [0.4, 0.5) is 0 Å². The minimum atomic E-state index is 0.654. The van der Waals surface area contributed by atoms with E-state index in [0.717, 1.165) is 0 Å². The molecule has 0 atom stereocenters. The highest BCUT2D eigenvalue weighted by Gasteiger charge is 1.99. The SMILES string of the molecule is CC.Cc1cccc(-c2cccc(C)c2)c1.Cc1ccccc1C(C)C. The zero-order valence-electron chi connectivity index (χ0n) is 17.5. The number of aryl methyl sites for hydroxylation is 3. The van der Waals surface area contributed by atoms with Gasteiger partial charge in [-0.25, -0.2) is 0 Å². The van der Waals surface area contributed by atoms with Gasteiger partial charge in [0.2, 0.25) is 0 Å². The molecule has 0 unspecified atom stereocenters. The molecule has 0 aliphatic heterocycles. The Morgan fingerprint density at radius 2 is 1.04 bits per heavy atom. The van der Waals surface area contributed by atoms with E-state index < -0.39 is 0 Å². The predicted octanol–water partition coefficient (Wildman–Crippen LogP) is 8.12. The van der Waals surface area contributed by atoms with Gasteiger partial charge in [-0.15, -0.1) is 0 Å². The number of hydrogen-bond acceptors (Lipinski definition) is 0. The van der Waals surface area contributed by atoms with Gasteiger partial charge in [0.25, 0.3) is 0 Å². The molecule has 138 valence electrons. The Hall–Kier alpha value is -2.34. The summed E-state index contributed by atoms with van der Waals surface area (Å²) in [6, 6.07) is 25.7. The van der Waals surface area contributed by atoms with Crippen LogP contribution in [0.3, 0.4) is 0 Å². The van der Waals surface area contributed by atoms with Crippen LogP contribution in [-0.2, 0) is 0 Å². The molecule has 3 rings (SSSR count). The van der Waals surface area contributed by atoms with Gasteiger partial charge < -0.3 is 0 Å². The first-order chi connectivity index (χ1) is 12.5. The maximum absolute atomic E-state index is 2.22. The fourth-order valence-electron chi connectivity index (χ4n) is 2.88. The second kappa shape index (κ2) is 11.3. The maximum Gasteiger partial charge on any atom is -0.0181 e. The fourth-order valence-corrected chi connectivity index (χ4v) is 2.88. The average Bonchev–Trinajstić information content (AvgIpc) is 2.64. The van der Waals surface area contributed by atoms with Crippen LogP contribution < -0.4 is 0 Å². The number of rotatable bonds is 2. The van der Waals surface area contributed by atoms with E-state index >= 15 is 0 Å². The summed E-state index contributed by atoms with van der Waals surface area (Å²) in [4.78, 5) is 0. The first-order valence-electron chi connectivity index (χ1n) is 9.66. The Balaban J connectivity index is 0.000000249. The first-order valence-corrected chi connectivity index (χ1v) is 9.66. The zero-order valence-corrected chi connectivity index (χ0v) is 17.5. The van der Waals surface area contributed by atoms with Crippen molar-refractivity contribution in [2.75, 3.05) is 0 Å². The highest BCUT2D eigenvalue weighted by atomic mass is 14.0. The van der Waals surface area contributed by atoms with Crippen LogP contribution in [0.1, 0.15) is 55.9 Å². The van der Waals surface area contributed by atoms with Crippen molar-refractivity contribution in [3.63, 3.8) is 0 Å². The molecular formula is C26H34. The first kappa shape index (κ1) is 21.7. The topological polar surface area (TPSA) is 0 Å². The van der Waals surface area contributed by atoms with Gasteiger partial charge >= 0.3 is 0 Å². The molecule has 0 heterocycles. The largest absolute Gasteiger partial charge is 0.0683 e. The van der Waals surface area contributed by atoms with Gasteiger partial charge in [0.1, 0.15) is 0 Å². The molecule has 0 saturated carbocycles. The third-order valence-electron chi connectivity index (χ3n) is 4.18. The Labute approximate surface area is 160 Å². The summed E-state index contributed by atoms with van der Waals surface area (Å²) in [6.45, 7) is 14.9. The van der Waals surface area contributed by atoms with E-state index in [1.807, 2.05) is 13.8 Å². The summed E-state index contributed by atoms with van der Waals surface area (Å²) >= 11 is 0. The van der Waals surface area contributed by atoms with Crippen LogP contribution in [-0.4, -0.2) is 0 Å². The average molecular weight is 347 g/mol. The van der Waals surface area contributed by atoms with Gasteiger partial charge in [-0.3, -0.25) is 0 Å². The highest BCUT2D eigenvalue weighted by molar-refractivity contribution is 5.64. The molecule has 26 heavy (non-hydrogen) atoms. The molecule has 0 aliphatic rings. The van der Waals surface area contributed by atoms with Gasteiger partial charge in [0.15, 0.2) is 0 Å². The molecule has 0 aromatic heterocycles. The molecule has 3 aromatic rings. The van der Waals surface area contributed by atoms with Crippen LogP contribution in [0.5, 0.6) is 0 Å². The Bertz CT molecular complexity index is 738. The van der Waals surface area contributed by atoms with Crippen LogP contribution in [0, 0.1) is 20.8 Å². The van der Waals surface area contributed by atoms with Gasteiger partial charge in [0, 0.05) is 0 Å². The quantitative estimate of drug-likeness (QED) is 0.439. The zero-order chi connectivity index (χ0) is 19.5. The summed E-state index contributed by atoms with van der Waals surface area (Å²) in [5, 5.41) is 0. The van der Waals surface area contributed by atoms with E-state index in [2.05, 4.69) is 107 Å². The van der Waals surface area contributed by atoms with Crippen molar-refractivity contribution in [2.45, 2.75) is 54.4 Å². The highest BCUT2D eigenvalue weighted by Crippen LogP contribution is 2.21. The molecule has 3 aromatic carbocycles. The molecule has 0 amide bonds. The second-order valence-corrected chi connectivity index (χ2v) is 6.75. The summed E-state index contributed by atoms with van der Waals surface area (Å²) < 4.78 is 0. The number of hydrogen-bond donors (Lipinski definition) is 0. The molecular weight excluding hydrogens is 312 g/mol. The Morgan fingerprint density at radius 3 is 1.38 bits per heavy atom. The molecule has 0 heteroatoms. The molecule has 0 fully saturated rings. The summed E-state index contributed by atoms with van der Waals surface area (Å²) in [6.07, 6.45) is 0. The molecule has 0 nitrogen and oxygen atoms in total. The molecule has 0 bridgehead atoms. The number of benzene rings is 3. The fraction of sp³-hybridized carbons (Fsp3) is 0.308. The minimum absolute atomic E-state index is 0.654. The Kier molecular flexibility index (Phi) is 9.44. The summed E-state index contributed by atoms with van der Waals surface area (Å²) in [5.74, 6) is 0.654. The lowest BCUT2D eigenvalue weighted by molar-refractivity contribution is 0.856. The molecule has 0 saturated heterocycles. The monoisotopic (exact) mass is 346 g/mol. The molecule has 0 N–H and O–H groups in total. The van der Waals surface area contributed by atoms with E-state index in [4.69, 9.17) is 0 Å². The normalized spacial score (nSPS) is 9.69. The van der Waals surface area contributed by atoms with Crippen molar-refractivity contribution in [3.8, 4) is 11.1 Å². The van der Waals surface area contributed by atoms with Crippen LogP contribution in [0.15, 0.2) is 72.8 Å². The lowest BCUT2D eigenvalue weighted by atomic mass is 9.99. The van der Waals surface area contributed by atoms with E-state index in [9.17, 15) is 0 Å². The van der Waals surface area contributed by atoms with Crippen molar-refractivity contribution < 1.29 is 0 Å². The van der Waals surface area contributed by atoms with E-state index in [1.165, 1.54) is 33.4 Å². The predicted molar refractivity (Wildman–Crippen MR) is 118 cm³/mol. The van der Waals surface area contributed by atoms with Crippen molar-refractivity contribution in [2.24, 2.45) is 0 Å². The Morgan fingerprint density at radius 1 is 0.577 bits per heavy atom. The van der Waals surface area contributed by atoms with Crippen LogP contribution in [0.2, 0.25) is 0 Å². The smallest absolute Gasteiger partial charge is 0.0181 e. The van der Waals surface area contributed by atoms with Crippen molar-refractivity contribution in [3.05, 3.63) is 95.1 Å². The standard InChI is InChI=1S/C14H14.C10H14.C2H6/c1-11-5-3-7-13(9-11)14-8-4-6-12(2)10-14;1-8(2)10-7-5-4-6-9(10)3;1-2/h3-10H,1-2H3;4-8H,1-3H3;1-2H3. The lowest BCUT2D eigenvalue weighted by Crippen LogP contribution is -1.89. The van der Waals surface area contributed by atoms with Gasteiger partial charge in [-0.1, -0.05) is 112 Å². The van der Waals surface area contributed by atoms with Gasteiger partial charge in [-0.2, -0.15) is 0 Å². The van der Waals surface area contributed by atoms with Gasteiger partial charge in [0.05, 0.1) is 0 Å². The van der Waals surface area contributed by atoms with Crippen LogP contribution >= 0.6 is 0 Å².